The smallest absolute Gasteiger partial charge is 0.344 e. The molecule has 4 aromatic rings. The molecule has 4 rings (SSSR count). The van der Waals surface area contributed by atoms with Gasteiger partial charge in [0.15, 0.2) is 0 Å². The normalized spacial score (nSPS) is 11.1. The van der Waals surface area contributed by atoms with E-state index in [-0.39, 0.29) is 5.56 Å². The Labute approximate surface area is 175 Å². The monoisotopic (exact) mass is 416 g/mol. The molecule has 31 heavy (non-hydrogen) atoms. The number of rotatable bonds is 5. The van der Waals surface area contributed by atoms with E-state index in [1.54, 1.807) is 36.4 Å². The third kappa shape index (κ3) is 3.86. The van der Waals surface area contributed by atoms with E-state index in [1.807, 2.05) is 12.1 Å². The molecule has 1 heterocycles. The highest BCUT2D eigenvalue weighted by molar-refractivity contribution is 5.88. The second-order valence-electron chi connectivity index (χ2n) is 6.60. The largest absolute Gasteiger partial charge is 0.502 e. The van der Waals surface area contributed by atoms with E-state index in [9.17, 15) is 20.0 Å². The summed E-state index contributed by atoms with van der Waals surface area (Å²) < 4.78 is 10.8. The van der Waals surface area contributed by atoms with Crippen molar-refractivity contribution in [3.8, 4) is 22.6 Å². The van der Waals surface area contributed by atoms with Gasteiger partial charge in [0.1, 0.15) is 11.3 Å². The van der Waals surface area contributed by atoms with Crippen LogP contribution < -0.4 is 10.4 Å². The van der Waals surface area contributed by atoms with Crippen LogP contribution in [0.3, 0.4) is 0 Å². The highest BCUT2D eigenvalue weighted by Gasteiger charge is 2.16. The maximum Gasteiger partial charge on any atom is 0.344 e. The SMILES string of the molecule is COc1cc(N=Cc2cccc([N+](=O)[O-])c2O)ccc1-c1cc2ccccc2oc1=O. The fourth-order valence-corrected chi connectivity index (χ4v) is 3.18. The van der Waals surface area contributed by atoms with Gasteiger partial charge in [-0.1, -0.05) is 24.3 Å². The molecule has 154 valence electrons. The maximum absolute atomic E-state index is 12.5. The van der Waals surface area contributed by atoms with Gasteiger partial charge in [-0.25, -0.2) is 4.79 Å². The zero-order chi connectivity index (χ0) is 22.0. The van der Waals surface area contributed by atoms with Gasteiger partial charge in [-0.05, 0) is 30.3 Å². The predicted molar refractivity (Wildman–Crippen MR) is 116 cm³/mol. The molecule has 0 aliphatic heterocycles. The molecule has 3 aromatic carbocycles. The van der Waals surface area contributed by atoms with E-state index in [4.69, 9.17) is 9.15 Å². The molecule has 8 heteroatoms. The highest BCUT2D eigenvalue weighted by Crippen LogP contribution is 2.34. The highest BCUT2D eigenvalue weighted by atomic mass is 16.6. The molecule has 0 saturated carbocycles. The molecule has 0 aliphatic carbocycles. The molecule has 0 radical (unpaired) electrons. The van der Waals surface area contributed by atoms with Gasteiger partial charge < -0.3 is 14.3 Å². The number of benzene rings is 3. The number of phenolic OH excluding ortho intramolecular Hbond substituents is 1. The van der Waals surface area contributed by atoms with E-state index in [0.29, 0.717) is 28.1 Å². The van der Waals surface area contributed by atoms with Gasteiger partial charge in [-0.2, -0.15) is 0 Å². The number of para-hydroxylation sites is 2. The van der Waals surface area contributed by atoms with Crippen molar-refractivity contribution < 1.29 is 19.2 Å². The lowest BCUT2D eigenvalue weighted by Crippen LogP contribution is -2.03. The zero-order valence-corrected chi connectivity index (χ0v) is 16.3. The minimum absolute atomic E-state index is 0.201. The van der Waals surface area contributed by atoms with Crippen LogP contribution in [0.4, 0.5) is 11.4 Å². The first-order valence-electron chi connectivity index (χ1n) is 9.19. The number of phenols is 1. The number of hydrogen-bond donors (Lipinski definition) is 1. The first-order chi connectivity index (χ1) is 15.0. The maximum atomic E-state index is 12.5. The summed E-state index contributed by atoms with van der Waals surface area (Å²) >= 11 is 0. The lowest BCUT2D eigenvalue weighted by atomic mass is 10.0. The molecular weight excluding hydrogens is 400 g/mol. The first kappa shape index (κ1) is 19.8. The molecule has 0 bridgehead atoms. The van der Waals surface area contributed by atoms with Crippen molar-refractivity contribution in [2.45, 2.75) is 0 Å². The van der Waals surface area contributed by atoms with Crippen LogP contribution in [0.1, 0.15) is 5.56 Å². The van der Waals surface area contributed by atoms with Crippen LogP contribution in [-0.2, 0) is 0 Å². The minimum Gasteiger partial charge on any atom is -0.502 e. The number of methoxy groups -OCH3 is 1. The lowest BCUT2D eigenvalue weighted by molar-refractivity contribution is -0.385. The van der Waals surface area contributed by atoms with Crippen molar-refractivity contribution >= 4 is 28.6 Å². The third-order valence-electron chi connectivity index (χ3n) is 4.71. The van der Waals surface area contributed by atoms with Crippen LogP contribution in [0, 0.1) is 10.1 Å². The Morgan fingerprint density at radius 1 is 1.06 bits per heavy atom. The standard InChI is InChI=1S/C23H16N2O6/c1-30-21-12-16(24-13-15-6-4-7-19(22(15)26)25(28)29)9-10-17(21)18-11-14-5-2-3-8-20(14)31-23(18)27/h2-13,26H,1H3. The second kappa shape index (κ2) is 8.11. The summed E-state index contributed by atoms with van der Waals surface area (Å²) in [4.78, 5) is 27.0. The number of nitrogens with zero attached hydrogens (tertiary/aromatic N) is 2. The summed E-state index contributed by atoms with van der Waals surface area (Å²) in [7, 11) is 1.47. The van der Waals surface area contributed by atoms with Crippen LogP contribution >= 0.6 is 0 Å². The minimum atomic E-state index is -0.667. The average Bonchev–Trinajstić information content (AvgIpc) is 2.77. The van der Waals surface area contributed by atoms with Crippen molar-refractivity contribution in [2.24, 2.45) is 4.99 Å². The molecule has 8 nitrogen and oxygen atoms in total. The molecular formula is C23H16N2O6. The Balaban J connectivity index is 1.72. The van der Waals surface area contributed by atoms with Gasteiger partial charge in [0.2, 0.25) is 5.75 Å². The third-order valence-corrected chi connectivity index (χ3v) is 4.71. The summed E-state index contributed by atoms with van der Waals surface area (Å²) in [5, 5.41) is 21.8. The van der Waals surface area contributed by atoms with Crippen molar-refractivity contribution in [3.05, 3.63) is 92.8 Å². The van der Waals surface area contributed by atoms with Crippen molar-refractivity contribution in [1.82, 2.24) is 0 Å². The van der Waals surface area contributed by atoms with Gasteiger partial charge in [0, 0.05) is 34.9 Å². The van der Waals surface area contributed by atoms with E-state index in [2.05, 4.69) is 4.99 Å². The van der Waals surface area contributed by atoms with E-state index < -0.39 is 22.0 Å². The van der Waals surface area contributed by atoms with Gasteiger partial charge in [0.05, 0.1) is 23.3 Å². The molecule has 1 N–H and O–H groups in total. The molecule has 0 atom stereocenters. The number of aliphatic imine (C=N–C) groups is 1. The molecule has 0 unspecified atom stereocenters. The summed E-state index contributed by atoms with van der Waals surface area (Å²) in [6.45, 7) is 0. The van der Waals surface area contributed by atoms with Crippen LogP contribution in [0.5, 0.6) is 11.5 Å². The average molecular weight is 416 g/mol. The van der Waals surface area contributed by atoms with Crippen molar-refractivity contribution in [2.75, 3.05) is 7.11 Å². The molecule has 1 aromatic heterocycles. The number of ether oxygens (including phenoxy) is 1. The van der Waals surface area contributed by atoms with E-state index in [0.717, 1.165) is 5.39 Å². The summed E-state index contributed by atoms with van der Waals surface area (Å²) in [5.41, 5.74) is 1.16. The van der Waals surface area contributed by atoms with Crippen LogP contribution in [0.15, 0.2) is 80.9 Å². The number of nitro benzene ring substituents is 1. The van der Waals surface area contributed by atoms with Gasteiger partial charge >= 0.3 is 11.3 Å². The Kier molecular flexibility index (Phi) is 5.19. The van der Waals surface area contributed by atoms with Crippen LogP contribution in [0.2, 0.25) is 0 Å². The number of nitro groups is 1. The quantitative estimate of drug-likeness (QED) is 0.216. The fraction of sp³-hybridized carbons (Fsp3) is 0.0435. The molecule has 0 fully saturated rings. The number of fused-ring (bicyclic) bond motifs is 1. The molecule has 0 aliphatic rings. The van der Waals surface area contributed by atoms with E-state index >= 15 is 0 Å². The first-order valence-corrected chi connectivity index (χ1v) is 9.19. The Morgan fingerprint density at radius 2 is 1.87 bits per heavy atom. The van der Waals surface area contributed by atoms with Crippen LogP contribution in [-0.4, -0.2) is 23.4 Å². The Bertz CT molecular complexity index is 1390. The van der Waals surface area contributed by atoms with Gasteiger partial charge in [-0.15, -0.1) is 0 Å². The molecule has 0 spiro atoms. The lowest BCUT2D eigenvalue weighted by Gasteiger charge is -2.09. The predicted octanol–water partition coefficient (Wildman–Crippen LogP) is 4.83. The van der Waals surface area contributed by atoms with Crippen molar-refractivity contribution in [3.63, 3.8) is 0 Å². The summed E-state index contributed by atoms with van der Waals surface area (Å²) in [6, 6.07) is 18.1. The Morgan fingerprint density at radius 3 is 2.65 bits per heavy atom. The summed E-state index contributed by atoms with van der Waals surface area (Å²) in [5.74, 6) is -0.0610. The topological polar surface area (TPSA) is 115 Å². The summed E-state index contributed by atoms with van der Waals surface area (Å²) in [6.07, 6.45) is 1.32. The second-order valence-corrected chi connectivity index (χ2v) is 6.60. The van der Waals surface area contributed by atoms with Gasteiger partial charge in [0.25, 0.3) is 0 Å². The number of aromatic hydroxyl groups is 1. The van der Waals surface area contributed by atoms with Gasteiger partial charge in [-0.3, -0.25) is 15.1 Å². The zero-order valence-electron chi connectivity index (χ0n) is 16.3. The van der Waals surface area contributed by atoms with Crippen LogP contribution in [0.25, 0.3) is 22.1 Å². The van der Waals surface area contributed by atoms with E-state index in [1.165, 1.54) is 31.5 Å². The fourth-order valence-electron chi connectivity index (χ4n) is 3.18. The molecule has 0 amide bonds. The van der Waals surface area contributed by atoms with Crippen molar-refractivity contribution in [1.29, 1.82) is 0 Å². The Hall–Kier alpha value is -4.46. The number of hydrogen-bond acceptors (Lipinski definition) is 7. The molecule has 0 saturated heterocycles.